The monoisotopic (exact) mass is 367 g/mol. The van der Waals surface area contributed by atoms with E-state index in [-0.39, 0.29) is 17.7 Å². The zero-order chi connectivity index (χ0) is 18.8. The molecule has 4 rings (SSSR count). The molecular formula is C19H21N5O3. The molecule has 2 aliphatic heterocycles. The van der Waals surface area contributed by atoms with Crippen LogP contribution in [0.4, 0.5) is 17.2 Å². The Hall–Kier alpha value is -3.16. The number of hydrogen-bond donors (Lipinski definition) is 2. The van der Waals surface area contributed by atoms with E-state index in [9.17, 15) is 9.59 Å². The maximum absolute atomic E-state index is 12.7. The van der Waals surface area contributed by atoms with Crippen molar-refractivity contribution in [1.29, 1.82) is 0 Å². The van der Waals surface area contributed by atoms with Crippen LogP contribution in [0.1, 0.15) is 19.8 Å². The van der Waals surface area contributed by atoms with Crippen LogP contribution in [0, 0.1) is 5.92 Å². The average Bonchev–Trinajstić information content (AvgIpc) is 2.70. The molecular weight excluding hydrogens is 346 g/mol. The number of ether oxygens (including phenoxy) is 1. The number of nitrogens with one attached hydrogen (secondary N) is 2. The first-order valence-electron chi connectivity index (χ1n) is 9.03. The van der Waals surface area contributed by atoms with Crippen LogP contribution in [0.3, 0.4) is 0 Å². The van der Waals surface area contributed by atoms with Crippen molar-refractivity contribution in [3.63, 3.8) is 0 Å². The summed E-state index contributed by atoms with van der Waals surface area (Å²) in [6.45, 7) is 3.16. The molecule has 2 aliphatic rings. The molecule has 8 heteroatoms. The highest BCUT2D eigenvalue weighted by Gasteiger charge is 2.28. The van der Waals surface area contributed by atoms with Crippen molar-refractivity contribution >= 4 is 29.0 Å². The summed E-state index contributed by atoms with van der Waals surface area (Å²) in [4.78, 5) is 35.0. The molecule has 0 aliphatic carbocycles. The van der Waals surface area contributed by atoms with E-state index in [4.69, 9.17) is 4.74 Å². The van der Waals surface area contributed by atoms with Crippen LogP contribution in [0.2, 0.25) is 0 Å². The fraction of sp³-hybridized carbons (Fsp3) is 0.368. The van der Waals surface area contributed by atoms with Gasteiger partial charge in [-0.05, 0) is 38.0 Å². The molecule has 0 spiro atoms. The van der Waals surface area contributed by atoms with Crippen LogP contribution in [0.15, 0.2) is 36.8 Å². The SMILES string of the molecule is CC1Oc2ccc(NC(=O)C3CCCN(c4cnccn4)C3)cc2NC1=O. The summed E-state index contributed by atoms with van der Waals surface area (Å²) in [7, 11) is 0. The Bertz CT molecular complexity index is 858. The highest BCUT2D eigenvalue weighted by Crippen LogP contribution is 2.32. The maximum Gasteiger partial charge on any atom is 0.265 e. The Kier molecular flexibility index (Phi) is 4.62. The second-order valence-corrected chi connectivity index (χ2v) is 6.80. The largest absolute Gasteiger partial charge is 0.479 e. The Morgan fingerprint density at radius 2 is 2.26 bits per heavy atom. The predicted molar refractivity (Wildman–Crippen MR) is 101 cm³/mol. The molecule has 2 unspecified atom stereocenters. The zero-order valence-corrected chi connectivity index (χ0v) is 15.0. The molecule has 3 heterocycles. The van der Waals surface area contributed by atoms with Gasteiger partial charge in [-0.1, -0.05) is 0 Å². The highest BCUT2D eigenvalue weighted by atomic mass is 16.5. The fourth-order valence-electron chi connectivity index (χ4n) is 3.38. The molecule has 2 amide bonds. The molecule has 2 atom stereocenters. The molecule has 27 heavy (non-hydrogen) atoms. The van der Waals surface area contributed by atoms with Crippen LogP contribution >= 0.6 is 0 Å². The van der Waals surface area contributed by atoms with Gasteiger partial charge in [-0.2, -0.15) is 0 Å². The smallest absolute Gasteiger partial charge is 0.265 e. The molecule has 0 radical (unpaired) electrons. The Morgan fingerprint density at radius 1 is 1.37 bits per heavy atom. The molecule has 1 aromatic carbocycles. The summed E-state index contributed by atoms with van der Waals surface area (Å²) in [6, 6.07) is 5.26. The summed E-state index contributed by atoms with van der Waals surface area (Å²) in [5.74, 6) is 1.02. The summed E-state index contributed by atoms with van der Waals surface area (Å²) < 4.78 is 5.54. The van der Waals surface area contributed by atoms with Crippen LogP contribution in [0.5, 0.6) is 5.75 Å². The number of nitrogens with zero attached hydrogens (tertiary/aromatic N) is 3. The third-order valence-electron chi connectivity index (χ3n) is 4.84. The van der Waals surface area contributed by atoms with E-state index in [0.717, 1.165) is 25.2 Å². The third-order valence-corrected chi connectivity index (χ3v) is 4.84. The van der Waals surface area contributed by atoms with Crippen molar-refractivity contribution < 1.29 is 14.3 Å². The second kappa shape index (κ2) is 7.22. The third kappa shape index (κ3) is 3.69. The van der Waals surface area contributed by atoms with Gasteiger partial charge in [-0.3, -0.25) is 14.6 Å². The van der Waals surface area contributed by atoms with Gasteiger partial charge in [-0.15, -0.1) is 0 Å². The number of aromatic nitrogens is 2. The van der Waals surface area contributed by atoms with Gasteiger partial charge < -0.3 is 20.3 Å². The molecule has 140 valence electrons. The number of carbonyl (C=O) groups excluding carboxylic acids is 2. The first-order valence-corrected chi connectivity index (χ1v) is 9.03. The van der Waals surface area contributed by atoms with Crippen molar-refractivity contribution in [1.82, 2.24) is 9.97 Å². The van der Waals surface area contributed by atoms with E-state index >= 15 is 0 Å². The van der Waals surface area contributed by atoms with E-state index in [0.29, 0.717) is 23.7 Å². The molecule has 2 N–H and O–H groups in total. The lowest BCUT2D eigenvalue weighted by Crippen LogP contribution is -2.41. The van der Waals surface area contributed by atoms with Gasteiger partial charge in [0.15, 0.2) is 6.10 Å². The number of rotatable bonds is 3. The van der Waals surface area contributed by atoms with Gasteiger partial charge >= 0.3 is 0 Å². The lowest BCUT2D eigenvalue weighted by molar-refractivity contribution is -0.122. The quantitative estimate of drug-likeness (QED) is 0.862. The number of piperidine rings is 1. The number of carbonyl (C=O) groups is 2. The molecule has 1 fully saturated rings. The van der Waals surface area contributed by atoms with E-state index in [1.165, 1.54) is 0 Å². The lowest BCUT2D eigenvalue weighted by Gasteiger charge is -2.32. The van der Waals surface area contributed by atoms with Crippen molar-refractivity contribution in [2.75, 3.05) is 28.6 Å². The number of hydrogen-bond acceptors (Lipinski definition) is 6. The second-order valence-electron chi connectivity index (χ2n) is 6.80. The van der Waals surface area contributed by atoms with Crippen LogP contribution < -0.4 is 20.3 Å². The normalized spacial score (nSPS) is 21.7. The van der Waals surface area contributed by atoms with E-state index in [1.807, 2.05) is 0 Å². The topological polar surface area (TPSA) is 96.4 Å². The molecule has 1 aromatic heterocycles. The molecule has 2 aromatic rings. The molecule has 0 saturated carbocycles. The standard InChI is InChI=1S/C19H21N5O3/c1-12-18(25)23-15-9-14(4-5-16(15)27-12)22-19(26)13-3-2-8-24(11-13)17-10-20-6-7-21-17/h4-7,9-10,12-13H,2-3,8,11H2,1H3,(H,22,26)(H,23,25). The van der Waals surface area contributed by atoms with E-state index in [2.05, 4.69) is 25.5 Å². The first-order chi connectivity index (χ1) is 13.1. The van der Waals surface area contributed by atoms with Crippen molar-refractivity contribution in [2.24, 2.45) is 5.92 Å². The number of amides is 2. The molecule has 1 saturated heterocycles. The van der Waals surface area contributed by atoms with Crippen LogP contribution in [0.25, 0.3) is 0 Å². The number of fused-ring (bicyclic) bond motifs is 1. The van der Waals surface area contributed by atoms with E-state index < -0.39 is 6.10 Å². The Balaban J connectivity index is 1.43. The first kappa shape index (κ1) is 17.3. The Labute approximate surface area is 156 Å². The van der Waals surface area contributed by atoms with Crippen LogP contribution in [-0.2, 0) is 9.59 Å². The fourth-order valence-corrected chi connectivity index (χ4v) is 3.38. The maximum atomic E-state index is 12.7. The minimum absolute atomic E-state index is 0.0417. The van der Waals surface area contributed by atoms with E-state index in [1.54, 1.807) is 43.7 Å². The van der Waals surface area contributed by atoms with Gasteiger partial charge in [0.2, 0.25) is 5.91 Å². The minimum Gasteiger partial charge on any atom is -0.479 e. The van der Waals surface area contributed by atoms with Gasteiger partial charge in [0, 0.05) is 31.2 Å². The van der Waals surface area contributed by atoms with Crippen molar-refractivity contribution in [3.05, 3.63) is 36.8 Å². The highest BCUT2D eigenvalue weighted by molar-refractivity contribution is 5.99. The average molecular weight is 367 g/mol. The summed E-state index contributed by atoms with van der Waals surface area (Å²) in [6.07, 6.45) is 6.23. The molecule has 8 nitrogen and oxygen atoms in total. The lowest BCUT2D eigenvalue weighted by atomic mass is 9.97. The number of anilines is 3. The number of benzene rings is 1. The summed E-state index contributed by atoms with van der Waals surface area (Å²) in [5.41, 5.74) is 1.20. The predicted octanol–water partition coefficient (Wildman–Crippen LogP) is 2.05. The minimum atomic E-state index is -0.521. The Morgan fingerprint density at radius 3 is 3.07 bits per heavy atom. The molecule has 0 bridgehead atoms. The van der Waals surface area contributed by atoms with Crippen molar-refractivity contribution in [2.45, 2.75) is 25.9 Å². The summed E-state index contributed by atoms with van der Waals surface area (Å²) >= 11 is 0. The summed E-state index contributed by atoms with van der Waals surface area (Å²) in [5, 5.41) is 5.74. The van der Waals surface area contributed by atoms with Gasteiger partial charge in [0.05, 0.1) is 17.8 Å². The van der Waals surface area contributed by atoms with Crippen molar-refractivity contribution in [3.8, 4) is 5.75 Å². The van der Waals surface area contributed by atoms with Crippen LogP contribution in [-0.4, -0.2) is 41.0 Å². The van der Waals surface area contributed by atoms with Gasteiger partial charge in [0.25, 0.3) is 5.91 Å². The van der Waals surface area contributed by atoms with Gasteiger partial charge in [-0.25, -0.2) is 4.98 Å². The van der Waals surface area contributed by atoms with Gasteiger partial charge in [0.1, 0.15) is 11.6 Å². The zero-order valence-electron chi connectivity index (χ0n) is 15.0.